The SMILES string of the molecule is C=CCOC12Oc3ccc(OCCN4CC4)cc3C3C(CCCCO)C(CCCCO)C=C(C(=NOCC)CC1N(CCOCCO)C(=O)OCCCCCCCCCCCC)C32. The predicted molar refractivity (Wildman–Crippen MR) is 246 cm³/mol. The average Bonchev–Trinajstić information content (AvgIpc) is 4.13. The highest BCUT2D eigenvalue weighted by molar-refractivity contribution is 6.03. The number of hydrogen-bond acceptors (Lipinski definition) is 12. The van der Waals surface area contributed by atoms with Crippen LogP contribution in [0.4, 0.5) is 4.79 Å². The Labute approximate surface area is 378 Å². The van der Waals surface area contributed by atoms with Gasteiger partial charge in [-0.1, -0.05) is 94.9 Å². The van der Waals surface area contributed by atoms with Gasteiger partial charge in [0, 0.05) is 57.3 Å². The first-order valence-corrected chi connectivity index (χ1v) is 24.6. The summed E-state index contributed by atoms with van der Waals surface area (Å²) in [5.41, 5.74) is 2.74. The monoisotopic (exact) mass is 884 g/mol. The van der Waals surface area contributed by atoms with E-state index in [-0.39, 0.29) is 70.4 Å². The number of amides is 1. The average molecular weight is 884 g/mol. The fraction of sp³-hybridized carbons (Fsp3) is 0.760. The molecule has 0 aromatic heterocycles. The Kier molecular flexibility index (Phi) is 22.6. The van der Waals surface area contributed by atoms with Crippen molar-refractivity contribution in [1.82, 2.24) is 9.80 Å². The minimum atomic E-state index is -1.40. The fourth-order valence-corrected chi connectivity index (χ4v) is 10.0. The van der Waals surface area contributed by atoms with Crippen molar-refractivity contribution in [3.05, 3.63) is 48.1 Å². The zero-order valence-electron chi connectivity index (χ0n) is 38.7. The molecular weight excluding hydrogens is 803 g/mol. The molecule has 1 saturated carbocycles. The molecule has 1 aromatic rings. The number of hydrogen-bond donors (Lipinski definition) is 3. The van der Waals surface area contributed by atoms with Gasteiger partial charge in [0.25, 0.3) is 0 Å². The second kappa shape index (κ2) is 28.0. The standard InChI is InChI=1S/C50H81N3O10/c1-4-7-8-9-10-11-12-13-14-19-32-60-49(57)53(27-33-58-35-30-56)46-38-44(51-62-6-3)42-36-39(20-15-17-28-54)41(21-16-18-29-55)47-43-37-40(59-34-26-52-24-25-52)22-23-45(43)63-50(46,48(42)47)61-31-5-2/h5,22-23,36-37,39,41,46-48,54-56H,2,4,6-21,24-35,38H2,1,3H3. The van der Waals surface area contributed by atoms with E-state index >= 15 is 0 Å². The number of carbonyl (C=O) groups excluding carboxylic acids is 1. The van der Waals surface area contributed by atoms with Crippen molar-refractivity contribution in [1.29, 1.82) is 0 Å². The second-order valence-corrected chi connectivity index (χ2v) is 17.7. The maximum absolute atomic E-state index is 14.6. The second-order valence-electron chi connectivity index (χ2n) is 17.7. The molecule has 2 fully saturated rings. The number of benzene rings is 1. The minimum Gasteiger partial charge on any atom is -0.492 e. The van der Waals surface area contributed by atoms with E-state index in [4.69, 9.17) is 33.7 Å². The van der Waals surface area contributed by atoms with Crippen molar-refractivity contribution in [2.24, 2.45) is 22.9 Å². The zero-order valence-corrected chi connectivity index (χ0v) is 38.7. The molecular formula is C50H81N3O10. The van der Waals surface area contributed by atoms with E-state index in [1.165, 1.54) is 44.9 Å². The van der Waals surface area contributed by atoms with Crippen molar-refractivity contribution < 1.29 is 48.6 Å². The summed E-state index contributed by atoms with van der Waals surface area (Å²) in [5.74, 6) is -0.317. The fourth-order valence-electron chi connectivity index (χ4n) is 10.0. The van der Waals surface area contributed by atoms with Crippen molar-refractivity contribution >= 4 is 11.8 Å². The van der Waals surface area contributed by atoms with Crippen LogP contribution in [0.3, 0.4) is 0 Å². The van der Waals surface area contributed by atoms with E-state index in [1.807, 2.05) is 19.1 Å². The lowest BCUT2D eigenvalue weighted by Crippen LogP contribution is -2.70. The maximum atomic E-state index is 14.6. The molecule has 6 atom stereocenters. The molecule has 4 aliphatic rings. The molecule has 6 unspecified atom stereocenters. The number of allylic oxidation sites excluding steroid dienone is 1. The third-order valence-corrected chi connectivity index (χ3v) is 13.2. The number of nitrogens with zero attached hydrogens (tertiary/aromatic N) is 3. The largest absolute Gasteiger partial charge is 0.492 e. The van der Waals surface area contributed by atoms with Gasteiger partial charge in [0.1, 0.15) is 30.8 Å². The molecule has 1 amide bonds. The molecule has 2 aliphatic carbocycles. The van der Waals surface area contributed by atoms with Gasteiger partial charge in [-0.15, -0.1) is 6.58 Å². The molecule has 3 N–H and O–H groups in total. The third kappa shape index (κ3) is 14.6. The highest BCUT2D eigenvalue weighted by Crippen LogP contribution is 2.62. The molecule has 13 nitrogen and oxygen atoms in total. The van der Waals surface area contributed by atoms with E-state index in [2.05, 4.69) is 30.5 Å². The number of rotatable bonds is 34. The number of unbranched alkanes of at least 4 members (excludes halogenated alkanes) is 11. The Hall–Kier alpha value is -3.20. The minimum absolute atomic E-state index is 0.0999. The van der Waals surface area contributed by atoms with Gasteiger partial charge in [-0.05, 0) is 74.6 Å². The third-order valence-electron chi connectivity index (χ3n) is 13.2. The molecule has 2 aliphatic heterocycles. The zero-order chi connectivity index (χ0) is 44.7. The molecule has 13 heteroatoms. The molecule has 1 aromatic carbocycles. The van der Waals surface area contributed by atoms with Gasteiger partial charge in [0.15, 0.2) is 0 Å². The van der Waals surface area contributed by atoms with Crippen molar-refractivity contribution in [2.45, 2.75) is 141 Å². The lowest BCUT2D eigenvalue weighted by atomic mass is 9.55. The summed E-state index contributed by atoms with van der Waals surface area (Å²) in [6.07, 6.45) is 20.4. The van der Waals surface area contributed by atoms with Crippen LogP contribution in [0.25, 0.3) is 0 Å². The van der Waals surface area contributed by atoms with Crippen LogP contribution >= 0.6 is 0 Å². The van der Waals surface area contributed by atoms with Crippen LogP contribution in [0.5, 0.6) is 11.5 Å². The highest BCUT2D eigenvalue weighted by Gasteiger charge is 2.65. The van der Waals surface area contributed by atoms with Crippen molar-refractivity contribution in [2.75, 3.05) is 85.6 Å². The van der Waals surface area contributed by atoms with Gasteiger partial charge in [-0.3, -0.25) is 9.80 Å². The van der Waals surface area contributed by atoms with Gasteiger partial charge in [-0.25, -0.2) is 4.79 Å². The first-order chi connectivity index (χ1) is 31.0. The first-order valence-electron chi connectivity index (χ1n) is 24.6. The molecule has 5 rings (SSSR count). The van der Waals surface area contributed by atoms with Gasteiger partial charge >= 0.3 is 6.09 Å². The Morgan fingerprint density at radius 2 is 1.63 bits per heavy atom. The van der Waals surface area contributed by atoms with Crippen LogP contribution in [0.2, 0.25) is 0 Å². The number of ether oxygens (including phenoxy) is 5. The Morgan fingerprint density at radius 3 is 2.32 bits per heavy atom. The normalized spacial score (nSPS) is 24.2. The molecule has 0 spiro atoms. The smallest absolute Gasteiger partial charge is 0.410 e. The van der Waals surface area contributed by atoms with Crippen molar-refractivity contribution in [3.63, 3.8) is 0 Å². The first kappa shape index (κ1) is 50.8. The van der Waals surface area contributed by atoms with Gasteiger partial charge in [0.05, 0.1) is 44.7 Å². The number of oxime groups is 1. The van der Waals surface area contributed by atoms with Crippen molar-refractivity contribution in [3.8, 4) is 11.5 Å². The summed E-state index contributed by atoms with van der Waals surface area (Å²) < 4.78 is 32.7. The molecule has 0 bridgehead atoms. The predicted octanol–water partition coefficient (Wildman–Crippen LogP) is 8.40. The van der Waals surface area contributed by atoms with Crippen LogP contribution in [-0.4, -0.2) is 134 Å². The summed E-state index contributed by atoms with van der Waals surface area (Å²) in [4.78, 5) is 24.5. The van der Waals surface area contributed by atoms with Crippen LogP contribution in [0.15, 0.2) is 47.7 Å². The summed E-state index contributed by atoms with van der Waals surface area (Å²) in [6.45, 7) is 13.3. The molecule has 63 heavy (non-hydrogen) atoms. The summed E-state index contributed by atoms with van der Waals surface area (Å²) in [7, 11) is 0. The lowest BCUT2D eigenvalue weighted by Gasteiger charge is -2.59. The Balaban J connectivity index is 1.55. The number of carbonyl (C=O) groups is 1. The number of fused-ring (bicyclic) bond motifs is 2. The van der Waals surface area contributed by atoms with Crippen LogP contribution in [0, 0.1) is 17.8 Å². The van der Waals surface area contributed by atoms with Gasteiger partial charge < -0.3 is 43.8 Å². The van der Waals surface area contributed by atoms with Crippen LogP contribution in [-0.2, 0) is 19.0 Å². The summed E-state index contributed by atoms with van der Waals surface area (Å²) in [5, 5.41) is 34.2. The quantitative estimate of drug-likeness (QED) is 0.0265. The van der Waals surface area contributed by atoms with E-state index in [0.717, 1.165) is 87.2 Å². The van der Waals surface area contributed by atoms with Crippen LogP contribution < -0.4 is 9.47 Å². The molecule has 2 heterocycles. The summed E-state index contributed by atoms with van der Waals surface area (Å²) in [6, 6.07) is 5.36. The lowest BCUT2D eigenvalue weighted by molar-refractivity contribution is -0.256. The Morgan fingerprint density at radius 1 is 0.905 bits per heavy atom. The topological polar surface area (TPSA) is 152 Å². The van der Waals surface area contributed by atoms with Gasteiger partial charge in [0.2, 0.25) is 5.79 Å². The van der Waals surface area contributed by atoms with Gasteiger partial charge in [-0.2, -0.15) is 0 Å². The van der Waals surface area contributed by atoms with E-state index in [0.29, 0.717) is 38.4 Å². The summed E-state index contributed by atoms with van der Waals surface area (Å²) >= 11 is 0. The molecule has 0 radical (unpaired) electrons. The molecule has 1 saturated heterocycles. The highest BCUT2D eigenvalue weighted by atomic mass is 16.7. The maximum Gasteiger partial charge on any atom is 0.410 e. The van der Waals surface area contributed by atoms with E-state index < -0.39 is 23.8 Å². The molecule has 356 valence electrons. The van der Waals surface area contributed by atoms with Crippen LogP contribution in [0.1, 0.15) is 134 Å². The van der Waals surface area contributed by atoms with E-state index in [1.54, 1.807) is 11.0 Å². The Bertz CT molecular complexity index is 1550. The number of aliphatic hydroxyl groups excluding tert-OH is 3. The number of aliphatic hydroxyl groups is 3. The van der Waals surface area contributed by atoms with E-state index in [9.17, 15) is 20.1 Å².